The van der Waals surface area contributed by atoms with Crippen molar-refractivity contribution in [1.29, 1.82) is 0 Å². The monoisotopic (exact) mass is 263 g/mol. The first kappa shape index (κ1) is 13.6. The Bertz CT molecular complexity index is 474. The summed E-state index contributed by atoms with van der Waals surface area (Å²) >= 11 is 0. The summed E-state index contributed by atoms with van der Waals surface area (Å²) in [5, 5.41) is 5.91. The highest BCUT2D eigenvalue weighted by molar-refractivity contribution is 5.85. The number of nitrogens with one attached hydrogen (secondary N) is 2. The van der Waals surface area contributed by atoms with Crippen LogP contribution in [-0.2, 0) is 4.79 Å². The number of hydrogen-bond acceptors (Lipinski definition) is 5. The van der Waals surface area contributed by atoms with E-state index in [1.807, 2.05) is 24.9 Å². The molecule has 1 atom stereocenters. The highest BCUT2D eigenvalue weighted by Gasteiger charge is 2.27. The lowest BCUT2D eigenvalue weighted by Crippen LogP contribution is -2.54. The SMILES string of the molecule is CNc1cc(N2CCNC(=O)C2C)nc(C(C)C)n1. The van der Waals surface area contributed by atoms with E-state index in [2.05, 4.69) is 34.4 Å². The zero-order chi connectivity index (χ0) is 14.0. The van der Waals surface area contributed by atoms with Gasteiger partial charge in [0, 0.05) is 32.1 Å². The van der Waals surface area contributed by atoms with Crippen LogP contribution >= 0.6 is 0 Å². The van der Waals surface area contributed by atoms with Crippen LogP contribution in [0.3, 0.4) is 0 Å². The third-order valence-electron chi connectivity index (χ3n) is 3.30. The van der Waals surface area contributed by atoms with Gasteiger partial charge in [-0.3, -0.25) is 4.79 Å². The van der Waals surface area contributed by atoms with Crippen molar-refractivity contribution < 1.29 is 4.79 Å². The number of anilines is 2. The molecule has 1 aliphatic rings. The van der Waals surface area contributed by atoms with Crippen molar-refractivity contribution in [2.24, 2.45) is 0 Å². The molecule has 0 aromatic carbocycles. The lowest BCUT2D eigenvalue weighted by molar-refractivity contribution is -0.122. The van der Waals surface area contributed by atoms with Gasteiger partial charge < -0.3 is 15.5 Å². The Hall–Kier alpha value is -1.85. The van der Waals surface area contributed by atoms with Gasteiger partial charge in [-0.15, -0.1) is 0 Å². The van der Waals surface area contributed by atoms with Crippen LogP contribution in [0.5, 0.6) is 0 Å². The Balaban J connectivity index is 2.37. The molecule has 0 saturated carbocycles. The number of carbonyl (C=O) groups excluding carboxylic acids is 1. The lowest BCUT2D eigenvalue weighted by atomic mass is 10.2. The normalized spacial score (nSPS) is 19.5. The fourth-order valence-corrected chi connectivity index (χ4v) is 2.08. The summed E-state index contributed by atoms with van der Waals surface area (Å²) in [5.74, 6) is 2.68. The number of piperazine rings is 1. The number of carbonyl (C=O) groups is 1. The summed E-state index contributed by atoms with van der Waals surface area (Å²) in [6, 6.07) is 1.69. The maximum absolute atomic E-state index is 11.7. The number of rotatable bonds is 3. The van der Waals surface area contributed by atoms with E-state index in [1.54, 1.807) is 0 Å². The molecule has 1 unspecified atom stereocenters. The Kier molecular flexibility index (Phi) is 3.87. The van der Waals surface area contributed by atoms with E-state index < -0.39 is 0 Å². The molecule has 2 N–H and O–H groups in total. The van der Waals surface area contributed by atoms with Crippen molar-refractivity contribution in [3.05, 3.63) is 11.9 Å². The van der Waals surface area contributed by atoms with E-state index >= 15 is 0 Å². The number of amides is 1. The maximum Gasteiger partial charge on any atom is 0.242 e. The zero-order valence-electron chi connectivity index (χ0n) is 11.9. The van der Waals surface area contributed by atoms with E-state index in [1.165, 1.54) is 0 Å². The number of nitrogens with zero attached hydrogens (tertiary/aromatic N) is 3. The van der Waals surface area contributed by atoms with E-state index in [4.69, 9.17) is 0 Å². The molecule has 1 aliphatic heterocycles. The molecule has 1 aromatic heterocycles. The van der Waals surface area contributed by atoms with E-state index in [0.29, 0.717) is 6.54 Å². The second-order valence-electron chi connectivity index (χ2n) is 5.03. The fourth-order valence-electron chi connectivity index (χ4n) is 2.08. The van der Waals surface area contributed by atoms with Gasteiger partial charge in [0.25, 0.3) is 0 Å². The first-order valence-corrected chi connectivity index (χ1v) is 6.64. The second kappa shape index (κ2) is 5.42. The molecule has 1 saturated heterocycles. The highest BCUT2D eigenvalue weighted by atomic mass is 16.2. The third kappa shape index (κ3) is 2.77. The van der Waals surface area contributed by atoms with Gasteiger partial charge in [-0.05, 0) is 6.92 Å². The van der Waals surface area contributed by atoms with Crippen molar-refractivity contribution in [2.75, 3.05) is 30.4 Å². The van der Waals surface area contributed by atoms with Crippen molar-refractivity contribution in [2.45, 2.75) is 32.7 Å². The Morgan fingerprint density at radius 3 is 2.84 bits per heavy atom. The topological polar surface area (TPSA) is 70.2 Å². The Labute approximate surface area is 113 Å². The Morgan fingerprint density at radius 1 is 1.47 bits per heavy atom. The van der Waals surface area contributed by atoms with Gasteiger partial charge in [0.1, 0.15) is 23.5 Å². The molecular weight excluding hydrogens is 242 g/mol. The molecule has 2 heterocycles. The van der Waals surface area contributed by atoms with Gasteiger partial charge in [-0.1, -0.05) is 13.8 Å². The summed E-state index contributed by atoms with van der Waals surface area (Å²) in [5.41, 5.74) is 0. The quantitative estimate of drug-likeness (QED) is 0.850. The molecule has 104 valence electrons. The third-order valence-corrected chi connectivity index (χ3v) is 3.30. The maximum atomic E-state index is 11.7. The van der Waals surface area contributed by atoms with Gasteiger partial charge >= 0.3 is 0 Å². The molecule has 2 rings (SSSR count). The minimum atomic E-state index is -0.201. The summed E-state index contributed by atoms with van der Waals surface area (Å²) in [6.07, 6.45) is 0. The number of aromatic nitrogens is 2. The molecule has 1 aromatic rings. The predicted molar refractivity (Wildman–Crippen MR) is 75.5 cm³/mol. The largest absolute Gasteiger partial charge is 0.373 e. The summed E-state index contributed by atoms with van der Waals surface area (Å²) in [4.78, 5) is 22.8. The van der Waals surface area contributed by atoms with Crippen molar-refractivity contribution in [1.82, 2.24) is 15.3 Å². The molecule has 6 heteroatoms. The van der Waals surface area contributed by atoms with Crippen LogP contribution in [0.2, 0.25) is 0 Å². The van der Waals surface area contributed by atoms with Crippen molar-refractivity contribution >= 4 is 17.5 Å². The van der Waals surface area contributed by atoms with Gasteiger partial charge in [-0.25, -0.2) is 9.97 Å². The van der Waals surface area contributed by atoms with Crippen LogP contribution in [0.4, 0.5) is 11.6 Å². The highest BCUT2D eigenvalue weighted by Crippen LogP contribution is 2.22. The zero-order valence-corrected chi connectivity index (χ0v) is 11.9. The average molecular weight is 263 g/mol. The molecule has 0 spiro atoms. The van der Waals surface area contributed by atoms with E-state index in [9.17, 15) is 4.79 Å². The minimum Gasteiger partial charge on any atom is -0.373 e. The molecule has 6 nitrogen and oxygen atoms in total. The molecule has 1 amide bonds. The van der Waals surface area contributed by atoms with Crippen LogP contribution < -0.4 is 15.5 Å². The van der Waals surface area contributed by atoms with Gasteiger partial charge in [-0.2, -0.15) is 0 Å². The van der Waals surface area contributed by atoms with Gasteiger partial charge in [0.05, 0.1) is 0 Å². The van der Waals surface area contributed by atoms with E-state index in [0.717, 1.165) is 24.0 Å². The van der Waals surface area contributed by atoms with Gasteiger partial charge in [0.15, 0.2) is 0 Å². The lowest BCUT2D eigenvalue weighted by Gasteiger charge is -2.34. The molecule has 0 aliphatic carbocycles. The Morgan fingerprint density at radius 2 is 2.21 bits per heavy atom. The van der Waals surface area contributed by atoms with Crippen LogP contribution in [-0.4, -0.2) is 42.1 Å². The summed E-state index contributed by atoms with van der Waals surface area (Å²) < 4.78 is 0. The predicted octanol–water partition coefficient (Wildman–Crippen LogP) is 0.966. The van der Waals surface area contributed by atoms with Crippen LogP contribution in [0.15, 0.2) is 6.07 Å². The van der Waals surface area contributed by atoms with Crippen LogP contribution in [0, 0.1) is 0 Å². The van der Waals surface area contributed by atoms with Gasteiger partial charge in [0.2, 0.25) is 5.91 Å². The fraction of sp³-hybridized carbons (Fsp3) is 0.615. The molecule has 0 radical (unpaired) electrons. The first-order valence-electron chi connectivity index (χ1n) is 6.64. The average Bonchev–Trinajstić information content (AvgIpc) is 2.41. The summed E-state index contributed by atoms with van der Waals surface area (Å²) in [7, 11) is 1.84. The summed E-state index contributed by atoms with van der Waals surface area (Å²) in [6.45, 7) is 7.43. The van der Waals surface area contributed by atoms with Crippen LogP contribution in [0.25, 0.3) is 0 Å². The minimum absolute atomic E-state index is 0.0435. The molecule has 0 bridgehead atoms. The number of hydrogen-bond donors (Lipinski definition) is 2. The second-order valence-corrected chi connectivity index (χ2v) is 5.03. The smallest absolute Gasteiger partial charge is 0.242 e. The van der Waals surface area contributed by atoms with Crippen molar-refractivity contribution in [3.63, 3.8) is 0 Å². The van der Waals surface area contributed by atoms with Crippen LogP contribution in [0.1, 0.15) is 32.5 Å². The van der Waals surface area contributed by atoms with Crippen molar-refractivity contribution in [3.8, 4) is 0 Å². The standard InChI is InChI=1S/C13H21N5O/c1-8(2)12-16-10(14-4)7-11(17-12)18-6-5-15-13(19)9(18)3/h7-9H,5-6H2,1-4H3,(H,15,19)(H,14,16,17). The molecule has 1 fully saturated rings. The molecular formula is C13H21N5O. The van der Waals surface area contributed by atoms with E-state index in [-0.39, 0.29) is 17.9 Å². The molecule has 19 heavy (non-hydrogen) atoms. The first-order chi connectivity index (χ1) is 9.02.